The van der Waals surface area contributed by atoms with Gasteiger partial charge >= 0.3 is 0 Å². The molecule has 5 heteroatoms. The highest BCUT2D eigenvalue weighted by atomic mass is 32.2. The summed E-state index contributed by atoms with van der Waals surface area (Å²) < 4.78 is 1.94. The Labute approximate surface area is 116 Å². The standard InChI is InChI=1S/C14H17N3OS/c1-11-4-2-5-13-15-10-12(17(11)13)14(18)16-6-3-8-19-9-7-16/h2,4-5,10H,3,6-9H2,1H3. The van der Waals surface area contributed by atoms with Gasteiger partial charge in [-0.3, -0.25) is 9.20 Å². The molecule has 1 saturated heterocycles. The molecule has 0 spiro atoms. The number of fused-ring (bicyclic) bond motifs is 1. The summed E-state index contributed by atoms with van der Waals surface area (Å²) in [7, 11) is 0. The van der Waals surface area contributed by atoms with Crippen molar-refractivity contribution in [1.29, 1.82) is 0 Å². The van der Waals surface area contributed by atoms with Crippen LogP contribution in [0.25, 0.3) is 5.65 Å². The predicted octanol–water partition coefficient (Wildman–Crippen LogP) is 2.22. The fourth-order valence-electron chi connectivity index (χ4n) is 2.46. The molecule has 100 valence electrons. The van der Waals surface area contributed by atoms with Crippen LogP contribution in [0, 0.1) is 6.92 Å². The molecule has 0 aromatic carbocycles. The number of thioether (sulfide) groups is 1. The summed E-state index contributed by atoms with van der Waals surface area (Å²) in [5.41, 5.74) is 2.56. The maximum absolute atomic E-state index is 12.6. The van der Waals surface area contributed by atoms with Crippen molar-refractivity contribution in [3.63, 3.8) is 0 Å². The Balaban J connectivity index is 1.97. The molecule has 0 aliphatic carbocycles. The molecule has 0 atom stereocenters. The number of rotatable bonds is 1. The SMILES string of the molecule is Cc1cccc2ncc(C(=O)N3CCCSCC3)n12. The molecule has 4 nitrogen and oxygen atoms in total. The van der Waals surface area contributed by atoms with E-state index in [1.165, 1.54) is 0 Å². The number of aryl methyl sites for hydroxylation is 1. The van der Waals surface area contributed by atoms with Crippen LogP contribution in [0.1, 0.15) is 22.6 Å². The van der Waals surface area contributed by atoms with Gasteiger partial charge in [0.25, 0.3) is 5.91 Å². The van der Waals surface area contributed by atoms with E-state index in [0.717, 1.165) is 42.4 Å². The molecule has 2 aromatic heterocycles. The Morgan fingerprint density at radius 3 is 3.11 bits per heavy atom. The van der Waals surface area contributed by atoms with Crippen LogP contribution in [0.4, 0.5) is 0 Å². The average Bonchev–Trinajstić information content (AvgIpc) is 2.67. The van der Waals surface area contributed by atoms with E-state index in [2.05, 4.69) is 4.98 Å². The van der Waals surface area contributed by atoms with Gasteiger partial charge in [-0.15, -0.1) is 0 Å². The van der Waals surface area contributed by atoms with Crippen molar-refractivity contribution in [2.24, 2.45) is 0 Å². The second-order valence-electron chi connectivity index (χ2n) is 4.76. The van der Waals surface area contributed by atoms with Gasteiger partial charge in [0.2, 0.25) is 0 Å². The largest absolute Gasteiger partial charge is 0.336 e. The highest BCUT2D eigenvalue weighted by Gasteiger charge is 2.21. The van der Waals surface area contributed by atoms with Crippen LogP contribution in [0.15, 0.2) is 24.4 Å². The molecule has 3 heterocycles. The Bertz CT molecular complexity index is 600. The predicted molar refractivity (Wildman–Crippen MR) is 77.8 cm³/mol. The van der Waals surface area contributed by atoms with Crippen LogP contribution in [0.2, 0.25) is 0 Å². The maximum Gasteiger partial charge on any atom is 0.272 e. The van der Waals surface area contributed by atoms with Crippen LogP contribution in [-0.2, 0) is 0 Å². The summed E-state index contributed by atoms with van der Waals surface area (Å²) >= 11 is 1.92. The van der Waals surface area contributed by atoms with Gasteiger partial charge in [-0.05, 0) is 31.2 Å². The Morgan fingerprint density at radius 2 is 2.21 bits per heavy atom. The number of aromatic nitrogens is 2. The van der Waals surface area contributed by atoms with Gasteiger partial charge in [-0.1, -0.05) is 6.07 Å². The number of nitrogens with zero attached hydrogens (tertiary/aromatic N) is 3. The van der Waals surface area contributed by atoms with Crippen LogP contribution in [0.5, 0.6) is 0 Å². The van der Waals surface area contributed by atoms with Crippen molar-refractivity contribution in [2.45, 2.75) is 13.3 Å². The summed E-state index contributed by atoms with van der Waals surface area (Å²) in [4.78, 5) is 18.9. The molecule has 3 rings (SSSR count). The first-order chi connectivity index (χ1) is 9.27. The molecule has 0 saturated carbocycles. The van der Waals surface area contributed by atoms with Crippen LogP contribution in [0.3, 0.4) is 0 Å². The first kappa shape index (κ1) is 12.5. The third-order valence-corrected chi connectivity index (χ3v) is 4.50. The van der Waals surface area contributed by atoms with E-state index in [4.69, 9.17) is 0 Å². The molecule has 0 radical (unpaired) electrons. The molecule has 0 N–H and O–H groups in total. The lowest BCUT2D eigenvalue weighted by molar-refractivity contribution is 0.0761. The Morgan fingerprint density at radius 1 is 1.32 bits per heavy atom. The van der Waals surface area contributed by atoms with E-state index in [-0.39, 0.29) is 5.91 Å². The number of imidazole rings is 1. The quantitative estimate of drug-likeness (QED) is 0.801. The van der Waals surface area contributed by atoms with Gasteiger partial charge in [0.05, 0.1) is 6.20 Å². The van der Waals surface area contributed by atoms with E-state index in [1.807, 2.05) is 46.2 Å². The van der Waals surface area contributed by atoms with E-state index in [1.54, 1.807) is 6.20 Å². The van der Waals surface area contributed by atoms with Crippen molar-refractivity contribution >= 4 is 23.3 Å². The summed E-state index contributed by atoms with van der Waals surface area (Å²) in [5, 5.41) is 0. The summed E-state index contributed by atoms with van der Waals surface area (Å²) in [6.45, 7) is 3.69. The minimum atomic E-state index is 0.101. The molecule has 0 unspecified atom stereocenters. The molecule has 2 aromatic rings. The topological polar surface area (TPSA) is 37.6 Å². The van der Waals surface area contributed by atoms with E-state index in [9.17, 15) is 4.79 Å². The normalized spacial score (nSPS) is 16.6. The number of hydrogen-bond donors (Lipinski definition) is 0. The first-order valence-corrected chi connectivity index (χ1v) is 7.73. The second-order valence-corrected chi connectivity index (χ2v) is 5.99. The zero-order valence-corrected chi connectivity index (χ0v) is 11.8. The van der Waals surface area contributed by atoms with Gasteiger partial charge in [-0.2, -0.15) is 11.8 Å². The minimum absolute atomic E-state index is 0.101. The Kier molecular flexibility index (Phi) is 3.46. The van der Waals surface area contributed by atoms with Crippen molar-refractivity contribution in [2.75, 3.05) is 24.6 Å². The third kappa shape index (κ3) is 2.34. The van der Waals surface area contributed by atoms with Crippen LogP contribution in [-0.4, -0.2) is 44.8 Å². The van der Waals surface area contributed by atoms with Gasteiger partial charge < -0.3 is 4.90 Å². The fraction of sp³-hybridized carbons (Fsp3) is 0.429. The number of hydrogen-bond acceptors (Lipinski definition) is 3. The fourth-order valence-corrected chi connectivity index (χ4v) is 3.35. The van der Waals surface area contributed by atoms with Crippen molar-refractivity contribution in [1.82, 2.24) is 14.3 Å². The summed E-state index contributed by atoms with van der Waals surface area (Å²) in [5.74, 6) is 2.28. The number of carbonyl (C=O) groups is 1. The molecular formula is C14H17N3OS. The average molecular weight is 275 g/mol. The van der Waals surface area contributed by atoms with Crippen molar-refractivity contribution in [3.8, 4) is 0 Å². The lowest BCUT2D eigenvalue weighted by Crippen LogP contribution is -2.33. The van der Waals surface area contributed by atoms with Crippen LogP contribution < -0.4 is 0 Å². The molecule has 0 bridgehead atoms. The van der Waals surface area contributed by atoms with E-state index in [0.29, 0.717) is 5.69 Å². The molecule has 1 aliphatic heterocycles. The van der Waals surface area contributed by atoms with Gasteiger partial charge in [-0.25, -0.2) is 4.98 Å². The maximum atomic E-state index is 12.6. The van der Waals surface area contributed by atoms with E-state index < -0.39 is 0 Å². The highest BCUT2D eigenvalue weighted by molar-refractivity contribution is 7.99. The zero-order valence-electron chi connectivity index (χ0n) is 11.0. The lowest BCUT2D eigenvalue weighted by atomic mass is 10.3. The Hall–Kier alpha value is -1.49. The number of pyridine rings is 1. The summed E-state index contributed by atoms with van der Waals surface area (Å²) in [6, 6.07) is 5.90. The number of carbonyl (C=O) groups excluding carboxylic acids is 1. The first-order valence-electron chi connectivity index (χ1n) is 6.57. The van der Waals surface area contributed by atoms with Gasteiger partial charge in [0.1, 0.15) is 11.3 Å². The lowest BCUT2D eigenvalue weighted by Gasteiger charge is -2.19. The third-order valence-electron chi connectivity index (χ3n) is 3.45. The molecule has 19 heavy (non-hydrogen) atoms. The van der Waals surface area contributed by atoms with Crippen molar-refractivity contribution in [3.05, 3.63) is 35.8 Å². The minimum Gasteiger partial charge on any atom is -0.336 e. The second kappa shape index (κ2) is 5.25. The highest BCUT2D eigenvalue weighted by Crippen LogP contribution is 2.16. The molecule has 1 amide bonds. The monoisotopic (exact) mass is 275 g/mol. The van der Waals surface area contributed by atoms with Crippen LogP contribution >= 0.6 is 11.8 Å². The molecular weight excluding hydrogens is 258 g/mol. The smallest absolute Gasteiger partial charge is 0.272 e. The van der Waals surface area contributed by atoms with E-state index >= 15 is 0 Å². The number of amides is 1. The molecule has 1 aliphatic rings. The zero-order chi connectivity index (χ0) is 13.2. The van der Waals surface area contributed by atoms with Gasteiger partial charge in [0.15, 0.2) is 0 Å². The molecule has 1 fully saturated rings. The summed E-state index contributed by atoms with van der Waals surface area (Å²) in [6.07, 6.45) is 2.77. The van der Waals surface area contributed by atoms with Crippen molar-refractivity contribution < 1.29 is 4.79 Å². The van der Waals surface area contributed by atoms with Gasteiger partial charge in [0, 0.05) is 24.5 Å².